The first kappa shape index (κ1) is 14.0. The van der Waals surface area contributed by atoms with Crippen LogP contribution in [0.25, 0.3) is 10.8 Å². The second-order valence-electron chi connectivity index (χ2n) is 4.63. The van der Waals surface area contributed by atoms with Gasteiger partial charge in [-0.25, -0.2) is 4.39 Å². The lowest BCUT2D eigenvalue weighted by atomic mass is 10.1. The average Bonchev–Trinajstić information content (AvgIpc) is 2.52. The van der Waals surface area contributed by atoms with E-state index in [0.29, 0.717) is 15.8 Å². The summed E-state index contributed by atoms with van der Waals surface area (Å²) < 4.78 is 20.4. The molecule has 0 aliphatic heterocycles. The summed E-state index contributed by atoms with van der Waals surface area (Å²) in [5.41, 5.74) is 6.27. The monoisotopic (exact) mass is 345 g/mol. The highest BCUT2D eigenvalue weighted by molar-refractivity contribution is 9.10. The Balaban J connectivity index is 2.05. The van der Waals surface area contributed by atoms with Crippen LogP contribution in [0, 0.1) is 5.82 Å². The highest BCUT2D eigenvalue weighted by atomic mass is 79.9. The fourth-order valence-corrected chi connectivity index (χ4v) is 2.70. The molecule has 0 unspecified atom stereocenters. The van der Waals surface area contributed by atoms with Crippen molar-refractivity contribution in [3.05, 3.63) is 70.5 Å². The molecule has 0 bridgehead atoms. The zero-order valence-electron chi connectivity index (χ0n) is 11.1. The molecular weight excluding hydrogens is 333 g/mol. The fraction of sp³-hybridized carbons (Fsp3) is 0.0588. The van der Waals surface area contributed by atoms with Gasteiger partial charge in [0.2, 0.25) is 0 Å². The van der Waals surface area contributed by atoms with E-state index in [-0.39, 0.29) is 12.3 Å². The number of benzene rings is 3. The maximum absolute atomic E-state index is 14.3. The molecule has 0 aliphatic carbocycles. The molecule has 0 fully saturated rings. The van der Waals surface area contributed by atoms with Crippen LogP contribution in [0.3, 0.4) is 0 Å². The highest BCUT2D eigenvalue weighted by Gasteiger charge is 2.13. The number of rotatable bonds is 3. The van der Waals surface area contributed by atoms with Crippen molar-refractivity contribution in [3.63, 3.8) is 0 Å². The molecule has 4 heteroatoms. The van der Waals surface area contributed by atoms with Crippen LogP contribution in [0.5, 0.6) is 11.5 Å². The topological polar surface area (TPSA) is 35.2 Å². The summed E-state index contributed by atoms with van der Waals surface area (Å²) in [6.07, 6.45) is 0. The van der Waals surface area contributed by atoms with Crippen molar-refractivity contribution in [1.82, 2.24) is 0 Å². The molecule has 0 radical (unpaired) electrons. The van der Waals surface area contributed by atoms with Gasteiger partial charge in [-0.3, -0.25) is 0 Å². The van der Waals surface area contributed by atoms with Crippen LogP contribution in [0.1, 0.15) is 5.56 Å². The van der Waals surface area contributed by atoms with Crippen molar-refractivity contribution in [2.75, 3.05) is 0 Å². The minimum atomic E-state index is -0.439. The van der Waals surface area contributed by atoms with Crippen LogP contribution >= 0.6 is 15.9 Å². The van der Waals surface area contributed by atoms with E-state index in [1.807, 2.05) is 42.5 Å². The Hall–Kier alpha value is -1.91. The molecule has 21 heavy (non-hydrogen) atoms. The summed E-state index contributed by atoms with van der Waals surface area (Å²) in [7, 11) is 0. The summed E-state index contributed by atoms with van der Waals surface area (Å²) in [6.45, 7) is 0.270. The van der Waals surface area contributed by atoms with Gasteiger partial charge in [-0.15, -0.1) is 0 Å². The molecule has 3 aromatic carbocycles. The van der Waals surface area contributed by atoms with Crippen molar-refractivity contribution >= 4 is 26.7 Å². The molecule has 0 saturated carbocycles. The zero-order chi connectivity index (χ0) is 14.8. The number of nitrogens with two attached hydrogens (primary N) is 1. The van der Waals surface area contributed by atoms with E-state index in [1.54, 1.807) is 12.1 Å². The van der Waals surface area contributed by atoms with Gasteiger partial charge >= 0.3 is 0 Å². The predicted octanol–water partition coefficient (Wildman–Crippen LogP) is 4.99. The lowest BCUT2D eigenvalue weighted by Crippen LogP contribution is -2.00. The first-order chi connectivity index (χ1) is 10.2. The Morgan fingerprint density at radius 2 is 1.71 bits per heavy atom. The number of hydrogen-bond acceptors (Lipinski definition) is 2. The molecule has 2 N–H and O–H groups in total. The molecule has 106 valence electrons. The van der Waals surface area contributed by atoms with Gasteiger partial charge < -0.3 is 10.5 Å². The minimum Gasteiger partial charge on any atom is -0.454 e. The quantitative estimate of drug-likeness (QED) is 0.725. The summed E-state index contributed by atoms with van der Waals surface area (Å²) in [6, 6.07) is 16.9. The van der Waals surface area contributed by atoms with Gasteiger partial charge in [0.25, 0.3) is 0 Å². The third-order valence-corrected chi connectivity index (χ3v) is 4.17. The predicted molar refractivity (Wildman–Crippen MR) is 86.0 cm³/mol. The fourth-order valence-electron chi connectivity index (χ4n) is 2.21. The number of ether oxygens (including phenoxy) is 1. The Bertz CT molecular complexity index is 799. The summed E-state index contributed by atoms with van der Waals surface area (Å²) in [5.74, 6) is 0.362. The van der Waals surface area contributed by atoms with Crippen molar-refractivity contribution in [2.45, 2.75) is 6.54 Å². The van der Waals surface area contributed by atoms with E-state index in [9.17, 15) is 4.39 Å². The highest BCUT2D eigenvalue weighted by Crippen LogP contribution is 2.34. The van der Waals surface area contributed by atoms with Crippen molar-refractivity contribution in [1.29, 1.82) is 0 Å². The van der Waals surface area contributed by atoms with Gasteiger partial charge in [0.1, 0.15) is 5.75 Å². The van der Waals surface area contributed by atoms with Crippen LogP contribution in [0.4, 0.5) is 4.39 Å². The molecule has 0 atom stereocenters. The molecule has 0 saturated heterocycles. The van der Waals surface area contributed by atoms with Crippen LogP contribution in [-0.4, -0.2) is 0 Å². The van der Waals surface area contributed by atoms with Gasteiger partial charge in [-0.05, 0) is 39.0 Å². The standard InChI is InChI=1S/C17H13BrFNO/c18-16-12(10-20)8-9-15(17(16)19)21-14-7-3-5-11-4-1-2-6-13(11)14/h1-9H,10,20H2. The molecule has 2 nitrogen and oxygen atoms in total. The summed E-state index contributed by atoms with van der Waals surface area (Å²) in [4.78, 5) is 0. The Kier molecular flexibility index (Phi) is 3.90. The Labute approximate surface area is 130 Å². The van der Waals surface area contributed by atoms with Crippen molar-refractivity contribution in [3.8, 4) is 11.5 Å². The molecule has 0 spiro atoms. The van der Waals surface area contributed by atoms with Gasteiger partial charge in [0.05, 0.1) is 4.47 Å². The molecule has 3 aromatic rings. The molecule has 3 rings (SSSR count). The van der Waals surface area contributed by atoms with Gasteiger partial charge in [0, 0.05) is 11.9 Å². The molecule has 0 amide bonds. The van der Waals surface area contributed by atoms with Crippen molar-refractivity contribution in [2.24, 2.45) is 5.73 Å². The van der Waals surface area contributed by atoms with E-state index in [2.05, 4.69) is 15.9 Å². The average molecular weight is 346 g/mol. The van der Waals surface area contributed by atoms with Crippen LogP contribution < -0.4 is 10.5 Å². The zero-order valence-corrected chi connectivity index (χ0v) is 12.7. The van der Waals surface area contributed by atoms with Crippen molar-refractivity contribution < 1.29 is 9.13 Å². The lowest BCUT2D eigenvalue weighted by molar-refractivity contribution is 0.444. The molecule has 0 aliphatic rings. The smallest absolute Gasteiger partial charge is 0.180 e. The van der Waals surface area contributed by atoms with Gasteiger partial charge in [-0.2, -0.15) is 0 Å². The number of hydrogen-bond donors (Lipinski definition) is 1. The number of fused-ring (bicyclic) bond motifs is 1. The second kappa shape index (κ2) is 5.84. The van der Waals surface area contributed by atoms with E-state index >= 15 is 0 Å². The van der Waals surface area contributed by atoms with E-state index in [0.717, 1.165) is 10.8 Å². The molecular formula is C17H13BrFNO. The minimum absolute atomic E-state index is 0.176. The molecule has 0 heterocycles. The largest absolute Gasteiger partial charge is 0.454 e. The third-order valence-electron chi connectivity index (χ3n) is 3.32. The second-order valence-corrected chi connectivity index (χ2v) is 5.43. The lowest BCUT2D eigenvalue weighted by Gasteiger charge is -2.12. The van der Waals surface area contributed by atoms with E-state index in [1.165, 1.54) is 0 Å². The third kappa shape index (κ3) is 2.64. The summed E-state index contributed by atoms with van der Waals surface area (Å²) >= 11 is 3.22. The Morgan fingerprint density at radius 3 is 2.52 bits per heavy atom. The maximum Gasteiger partial charge on any atom is 0.180 e. The van der Waals surface area contributed by atoms with Gasteiger partial charge in [-0.1, -0.05) is 42.5 Å². The van der Waals surface area contributed by atoms with Gasteiger partial charge in [0.15, 0.2) is 11.6 Å². The van der Waals surface area contributed by atoms with Crippen LogP contribution in [0.15, 0.2) is 59.1 Å². The Morgan fingerprint density at radius 1 is 0.952 bits per heavy atom. The van der Waals surface area contributed by atoms with Crippen LogP contribution in [-0.2, 0) is 6.54 Å². The van der Waals surface area contributed by atoms with E-state index in [4.69, 9.17) is 10.5 Å². The normalized spacial score (nSPS) is 10.8. The maximum atomic E-state index is 14.3. The van der Waals surface area contributed by atoms with Crippen LogP contribution in [0.2, 0.25) is 0 Å². The SMILES string of the molecule is NCc1ccc(Oc2cccc3ccccc23)c(F)c1Br. The van der Waals surface area contributed by atoms with E-state index < -0.39 is 5.82 Å². The summed E-state index contributed by atoms with van der Waals surface area (Å²) in [5, 5.41) is 1.99. The molecule has 0 aromatic heterocycles. The first-order valence-corrected chi connectivity index (χ1v) is 7.32. The first-order valence-electron chi connectivity index (χ1n) is 6.53. The number of halogens is 2.